The second kappa shape index (κ2) is 3.96. The quantitative estimate of drug-likeness (QED) is 0.719. The Morgan fingerprint density at radius 3 is 2.36 bits per heavy atom. The average molecular weight is 185 g/mol. The molecule has 2 aromatic rings. The van der Waals surface area contributed by atoms with Gasteiger partial charge in [-0.3, -0.25) is 4.98 Å². The van der Waals surface area contributed by atoms with Crippen LogP contribution in [0.4, 0.5) is 0 Å². The first-order valence-corrected chi connectivity index (χ1v) is 4.59. The molecule has 0 N–H and O–H groups in total. The molecular weight excluding hydrogens is 174 g/mol. The molecule has 0 aliphatic carbocycles. The molecule has 0 aliphatic rings. The Morgan fingerprint density at radius 1 is 0.929 bits per heavy atom. The zero-order chi connectivity index (χ0) is 9.80. The van der Waals surface area contributed by atoms with Gasteiger partial charge >= 0.3 is 0 Å². The molecule has 2 rings (SSSR count). The minimum absolute atomic E-state index is 0.995. The van der Waals surface area contributed by atoms with E-state index < -0.39 is 0 Å². The van der Waals surface area contributed by atoms with Crippen LogP contribution in [0.1, 0.15) is 12.5 Å². The number of hydrogen-bond donors (Lipinski definition) is 0. The standard InChI is InChI=1S/C11H11N3/c1-2-9-3-10(5-12-4-9)11-6-13-8-14-7-11/h3-8H,2H2,1H3. The van der Waals surface area contributed by atoms with Gasteiger partial charge in [-0.05, 0) is 18.1 Å². The van der Waals surface area contributed by atoms with Crippen LogP contribution in [0.25, 0.3) is 11.1 Å². The van der Waals surface area contributed by atoms with E-state index in [-0.39, 0.29) is 0 Å². The Bertz CT molecular complexity index is 412. The van der Waals surface area contributed by atoms with Gasteiger partial charge in [0.05, 0.1) is 0 Å². The van der Waals surface area contributed by atoms with Crippen LogP contribution in [0.3, 0.4) is 0 Å². The van der Waals surface area contributed by atoms with Crippen molar-refractivity contribution in [1.29, 1.82) is 0 Å². The summed E-state index contributed by atoms with van der Waals surface area (Å²) in [6.07, 6.45) is 9.83. The highest BCUT2D eigenvalue weighted by molar-refractivity contribution is 5.60. The SMILES string of the molecule is CCc1cncc(-c2cncnc2)c1. The Balaban J connectivity index is 2.42. The summed E-state index contributed by atoms with van der Waals surface area (Å²) in [5.41, 5.74) is 3.31. The van der Waals surface area contributed by atoms with Crippen LogP contribution >= 0.6 is 0 Å². The van der Waals surface area contributed by atoms with E-state index in [1.807, 2.05) is 12.4 Å². The van der Waals surface area contributed by atoms with Crippen molar-refractivity contribution in [3.8, 4) is 11.1 Å². The molecule has 0 aromatic carbocycles. The lowest BCUT2D eigenvalue weighted by Gasteiger charge is -2.01. The maximum atomic E-state index is 4.18. The highest BCUT2D eigenvalue weighted by Crippen LogP contribution is 2.16. The van der Waals surface area contributed by atoms with Crippen molar-refractivity contribution in [2.45, 2.75) is 13.3 Å². The third-order valence-corrected chi connectivity index (χ3v) is 2.10. The monoisotopic (exact) mass is 185 g/mol. The van der Waals surface area contributed by atoms with Crippen LogP contribution in [0.5, 0.6) is 0 Å². The van der Waals surface area contributed by atoms with Crippen LogP contribution in [-0.2, 0) is 6.42 Å². The van der Waals surface area contributed by atoms with Gasteiger partial charge in [-0.15, -0.1) is 0 Å². The van der Waals surface area contributed by atoms with Crippen LogP contribution in [0.15, 0.2) is 37.2 Å². The van der Waals surface area contributed by atoms with Gasteiger partial charge in [0.2, 0.25) is 0 Å². The fourth-order valence-electron chi connectivity index (χ4n) is 1.29. The predicted octanol–water partition coefficient (Wildman–Crippen LogP) is 2.10. The maximum absolute atomic E-state index is 4.18. The Kier molecular flexibility index (Phi) is 2.49. The van der Waals surface area contributed by atoms with Crippen LogP contribution in [0, 0.1) is 0 Å². The third kappa shape index (κ3) is 1.76. The number of aryl methyl sites for hydroxylation is 1. The fraction of sp³-hybridized carbons (Fsp3) is 0.182. The van der Waals surface area contributed by atoms with Crippen molar-refractivity contribution in [2.75, 3.05) is 0 Å². The highest BCUT2D eigenvalue weighted by Gasteiger charge is 1.98. The summed E-state index contributed by atoms with van der Waals surface area (Å²) in [5, 5.41) is 0. The summed E-state index contributed by atoms with van der Waals surface area (Å²) < 4.78 is 0. The lowest BCUT2D eigenvalue weighted by molar-refractivity contribution is 1.10. The van der Waals surface area contributed by atoms with Crippen molar-refractivity contribution in [2.24, 2.45) is 0 Å². The number of rotatable bonds is 2. The summed E-state index contributed by atoms with van der Waals surface area (Å²) >= 11 is 0. The van der Waals surface area contributed by atoms with Gasteiger partial charge in [-0.1, -0.05) is 6.92 Å². The van der Waals surface area contributed by atoms with Gasteiger partial charge in [-0.25, -0.2) is 9.97 Å². The van der Waals surface area contributed by atoms with E-state index in [2.05, 4.69) is 27.9 Å². The first-order chi connectivity index (χ1) is 6.90. The van der Waals surface area contributed by atoms with E-state index >= 15 is 0 Å². The minimum atomic E-state index is 0.995. The Hall–Kier alpha value is -1.77. The van der Waals surface area contributed by atoms with Gasteiger partial charge < -0.3 is 0 Å². The molecule has 0 unspecified atom stereocenters. The smallest absolute Gasteiger partial charge is 0.115 e. The molecule has 0 fully saturated rings. The van der Waals surface area contributed by atoms with Crippen molar-refractivity contribution < 1.29 is 0 Å². The largest absolute Gasteiger partial charge is 0.264 e. The second-order valence-electron chi connectivity index (χ2n) is 3.06. The highest BCUT2D eigenvalue weighted by atomic mass is 14.8. The minimum Gasteiger partial charge on any atom is -0.264 e. The van der Waals surface area contributed by atoms with Crippen LogP contribution in [0.2, 0.25) is 0 Å². The molecule has 0 saturated heterocycles. The predicted molar refractivity (Wildman–Crippen MR) is 54.6 cm³/mol. The molecule has 3 heteroatoms. The van der Waals surface area contributed by atoms with E-state index in [0.717, 1.165) is 17.5 Å². The van der Waals surface area contributed by atoms with Gasteiger partial charge in [-0.2, -0.15) is 0 Å². The molecule has 0 bridgehead atoms. The van der Waals surface area contributed by atoms with E-state index in [4.69, 9.17) is 0 Å². The van der Waals surface area contributed by atoms with Crippen LogP contribution in [-0.4, -0.2) is 15.0 Å². The summed E-state index contributed by atoms with van der Waals surface area (Å²) in [4.78, 5) is 12.1. The Labute approximate surface area is 82.9 Å². The first kappa shape index (κ1) is 8.81. The van der Waals surface area contributed by atoms with Gasteiger partial charge in [0.1, 0.15) is 6.33 Å². The molecule has 2 heterocycles. The lowest BCUT2D eigenvalue weighted by atomic mass is 10.1. The zero-order valence-corrected chi connectivity index (χ0v) is 8.01. The molecule has 0 amide bonds. The maximum Gasteiger partial charge on any atom is 0.115 e. The van der Waals surface area contributed by atoms with E-state index in [0.29, 0.717) is 0 Å². The number of hydrogen-bond acceptors (Lipinski definition) is 3. The van der Waals surface area contributed by atoms with Crippen molar-refractivity contribution in [1.82, 2.24) is 15.0 Å². The fourth-order valence-corrected chi connectivity index (χ4v) is 1.29. The van der Waals surface area contributed by atoms with Gasteiger partial charge in [0, 0.05) is 35.9 Å². The van der Waals surface area contributed by atoms with Gasteiger partial charge in [0.15, 0.2) is 0 Å². The van der Waals surface area contributed by atoms with Gasteiger partial charge in [0.25, 0.3) is 0 Å². The summed E-state index contributed by atoms with van der Waals surface area (Å²) in [7, 11) is 0. The van der Waals surface area contributed by atoms with Crippen molar-refractivity contribution in [3.05, 3.63) is 42.7 Å². The molecule has 2 aromatic heterocycles. The lowest BCUT2D eigenvalue weighted by Crippen LogP contribution is -1.87. The van der Waals surface area contributed by atoms with E-state index in [1.54, 1.807) is 12.4 Å². The summed E-state index contributed by atoms with van der Waals surface area (Å²) in [5.74, 6) is 0. The molecule has 70 valence electrons. The van der Waals surface area contributed by atoms with Crippen molar-refractivity contribution >= 4 is 0 Å². The van der Waals surface area contributed by atoms with E-state index in [9.17, 15) is 0 Å². The molecule has 3 nitrogen and oxygen atoms in total. The van der Waals surface area contributed by atoms with Crippen LogP contribution < -0.4 is 0 Å². The summed E-state index contributed by atoms with van der Waals surface area (Å²) in [6.45, 7) is 2.11. The second-order valence-corrected chi connectivity index (χ2v) is 3.06. The molecule has 0 atom stereocenters. The Morgan fingerprint density at radius 2 is 1.64 bits per heavy atom. The molecule has 0 radical (unpaired) electrons. The molecule has 14 heavy (non-hydrogen) atoms. The number of aromatic nitrogens is 3. The number of nitrogens with zero attached hydrogens (tertiary/aromatic N) is 3. The molecule has 0 spiro atoms. The zero-order valence-electron chi connectivity index (χ0n) is 8.01. The molecule has 0 aliphatic heterocycles. The first-order valence-electron chi connectivity index (χ1n) is 4.59. The number of pyridine rings is 1. The van der Waals surface area contributed by atoms with Crippen molar-refractivity contribution in [3.63, 3.8) is 0 Å². The average Bonchev–Trinajstić information content (AvgIpc) is 2.30. The topological polar surface area (TPSA) is 38.7 Å². The normalized spacial score (nSPS) is 10.1. The molecular formula is C11H11N3. The molecule has 0 saturated carbocycles. The summed E-state index contributed by atoms with van der Waals surface area (Å²) in [6, 6.07) is 2.12. The third-order valence-electron chi connectivity index (χ3n) is 2.10. The van der Waals surface area contributed by atoms with E-state index in [1.165, 1.54) is 11.9 Å².